The molecule has 0 fully saturated rings. The van der Waals surface area contributed by atoms with Gasteiger partial charge in [0.2, 0.25) is 0 Å². The molecule has 1 amide bonds. The Labute approximate surface area is 151 Å². The van der Waals surface area contributed by atoms with Gasteiger partial charge >= 0.3 is 5.97 Å². The van der Waals surface area contributed by atoms with Gasteiger partial charge in [-0.05, 0) is 37.6 Å². The van der Waals surface area contributed by atoms with Crippen LogP contribution in [0.15, 0.2) is 48.5 Å². The third-order valence-electron chi connectivity index (χ3n) is 4.01. The molecule has 2 aromatic carbocycles. The summed E-state index contributed by atoms with van der Waals surface area (Å²) in [7, 11) is 0. The van der Waals surface area contributed by atoms with Crippen LogP contribution >= 0.6 is 0 Å². The molecule has 3 aromatic rings. The van der Waals surface area contributed by atoms with E-state index in [1.54, 1.807) is 29.8 Å². The van der Waals surface area contributed by atoms with Gasteiger partial charge in [-0.25, -0.2) is 9.48 Å². The summed E-state index contributed by atoms with van der Waals surface area (Å²) >= 11 is 0. The zero-order chi connectivity index (χ0) is 18.5. The third kappa shape index (κ3) is 3.88. The highest BCUT2D eigenvalue weighted by atomic mass is 16.5. The molecule has 0 spiro atoms. The average molecular weight is 352 g/mol. The molecule has 0 aliphatic heterocycles. The number of ether oxygens (including phenoxy) is 1. The van der Waals surface area contributed by atoms with Crippen LogP contribution in [0, 0.1) is 0 Å². The second kappa shape index (κ2) is 7.77. The SMILES string of the molecule is CCn1nnc2cc(C(=O)OC(C)C(=O)NCc3ccccc3)ccc21. The Balaban J connectivity index is 1.60. The molecule has 0 radical (unpaired) electrons. The molecular weight excluding hydrogens is 332 g/mol. The van der Waals surface area contributed by atoms with Gasteiger partial charge in [0.1, 0.15) is 5.52 Å². The highest BCUT2D eigenvalue weighted by Gasteiger charge is 2.19. The van der Waals surface area contributed by atoms with Gasteiger partial charge in [0, 0.05) is 13.1 Å². The van der Waals surface area contributed by atoms with E-state index in [-0.39, 0.29) is 5.91 Å². The Morgan fingerprint density at radius 2 is 1.96 bits per heavy atom. The van der Waals surface area contributed by atoms with Crippen LogP contribution in [-0.2, 0) is 22.6 Å². The highest BCUT2D eigenvalue weighted by Crippen LogP contribution is 2.15. The summed E-state index contributed by atoms with van der Waals surface area (Å²) < 4.78 is 7.00. The maximum Gasteiger partial charge on any atom is 0.338 e. The Kier molecular flexibility index (Phi) is 5.26. The second-order valence-corrected chi connectivity index (χ2v) is 5.86. The molecule has 134 valence electrons. The summed E-state index contributed by atoms with van der Waals surface area (Å²) in [5.74, 6) is -0.916. The summed E-state index contributed by atoms with van der Waals surface area (Å²) in [5.41, 5.74) is 2.77. The zero-order valence-corrected chi connectivity index (χ0v) is 14.7. The highest BCUT2D eigenvalue weighted by molar-refractivity contribution is 5.95. The molecule has 0 aliphatic carbocycles. The van der Waals surface area contributed by atoms with Crippen molar-refractivity contribution in [2.45, 2.75) is 33.0 Å². The summed E-state index contributed by atoms with van der Waals surface area (Å²) in [5, 5.41) is 10.8. The molecule has 0 bridgehead atoms. The molecule has 0 aliphatic rings. The monoisotopic (exact) mass is 352 g/mol. The number of benzene rings is 2. The predicted octanol–water partition coefficient (Wildman–Crippen LogP) is 2.31. The van der Waals surface area contributed by atoms with Crippen LogP contribution in [0.1, 0.15) is 29.8 Å². The van der Waals surface area contributed by atoms with E-state index in [1.807, 2.05) is 37.3 Å². The van der Waals surface area contributed by atoms with Crippen molar-refractivity contribution < 1.29 is 14.3 Å². The van der Waals surface area contributed by atoms with Gasteiger partial charge in [-0.3, -0.25) is 4.79 Å². The number of aryl methyl sites for hydroxylation is 1. The Hall–Kier alpha value is -3.22. The van der Waals surface area contributed by atoms with Crippen LogP contribution < -0.4 is 5.32 Å². The number of amides is 1. The first kappa shape index (κ1) is 17.6. The van der Waals surface area contributed by atoms with E-state index >= 15 is 0 Å². The third-order valence-corrected chi connectivity index (χ3v) is 4.01. The van der Waals surface area contributed by atoms with Crippen LogP contribution in [0.5, 0.6) is 0 Å². The number of aromatic nitrogens is 3. The fourth-order valence-corrected chi connectivity index (χ4v) is 2.54. The van der Waals surface area contributed by atoms with Crippen molar-refractivity contribution in [3.05, 3.63) is 59.7 Å². The first-order valence-electron chi connectivity index (χ1n) is 8.44. The summed E-state index contributed by atoms with van der Waals surface area (Å²) in [6, 6.07) is 14.6. The van der Waals surface area contributed by atoms with E-state index in [2.05, 4.69) is 15.6 Å². The van der Waals surface area contributed by atoms with Crippen LogP contribution in [0.2, 0.25) is 0 Å². The number of nitrogens with one attached hydrogen (secondary N) is 1. The van der Waals surface area contributed by atoms with Crippen LogP contribution in [-0.4, -0.2) is 33.0 Å². The number of esters is 1. The molecule has 7 nitrogen and oxygen atoms in total. The van der Waals surface area contributed by atoms with Gasteiger partial charge in [-0.2, -0.15) is 0 Å². The van der Waals surface area contributed by atoms with Crippen molar-refractivity contribution in [3.63, 3.8) is 0 Å². The summed E-state index contributed by atoms with van der Waals surface area (Å²) in [6.45, 7) is 4.59. The fourth-order valence-electron chi connectivity index (χ4n) is 2.54. The fraction of sp³-hybridized carbons (Fsp3) is 0.263. The number of carbonyl (C=O) groups is 2. The molecule has 1 atom stereocenters. The quantitative estimate of drug-likeness (QED) is 0.688. The second-order valence-electron chi connectivity index (χ2n) is 5.86. The van der Waals surface area contributed by atoms with Gasteiger partial charge in [-0.15, -0.1) is 5.10 Å². The van der Waals surface area contributed by atoms with Crippen LogP contribution in [0.4, 0.5) is 0 Å². The van der Waals surface area contributed by atoms with Gasteiger partial charge in [0.15, 0.2) is 6.10 Å². The maximum absolute atomic E-state index is 12.3. The molecule has 0 saturated carbocycles. The van der Waals surface area contributed by atoms with Crippen molar-refractivity contribution in [2.24, 2.45) is 0 Å². The van der Waals surface area contributed by atoms with E-state index in [1.165, 1.54) is 0 Å². The maximum atomic E-state index is 12.3. The van der Waals surface area contributed by atoms with Crippen molar-refractivity contribution >= 4 is 22.9 Å². The predicted molar refractivity (Wildman–Crippen MR) is 96.4 cm³/mol. The molecule has 1 unspecified atom stereocenters. The Bertz CT molecular complexity index is 921. The lowest BCUT2D eigenvalue weighted by atomic mass is 10.2. The lowest BCUT2D eigenvalue weighted by Crippen LogP contribution is -2.35. The van der Waals surface area contributed by atoms with E-state index in [0.717, 1.165) is 11.1 Å². The molecule has 3 rings (SSSR count). The minimum atomic E-state index is -0.895. The van der Waals surface area contributed by atoms with Gasteiger partial charge < -0.3 is 10.1 Å². The van der Waals surface area contributed by atoms with Crippen LogP contribution in [0.3, 0.4) is 0 Å². The molecule has 7 heteroatoms. The minimum Gasteiger partial charge on any atom is -0.449 e. The van der Waals surface area contributed by atoms with Crippen molar-refractivity contribution in [1.82, 2.24) is 20.3 Å². The number of nitrogens with zero attached hydrogens (tertiary/aromatic N) is 3. The molecule has 26 heavy (non-hydrogen) atoms. The smallest absolute Gasteiger partial charge is 0.338 e. The first-order valence-corrected chi connectivity index (χ1v) is 8.44. The number of hydrogen-bond acceptors (Lipinski definition) is 5. The van der Waals surface area contributed by atoms with E-state index in [4.69, 9.17) is 4.74 Å². The largest absolute Gasteiger partial charge is 0.449 e. The lowest BCUT2D eigenvalue weighted by molar-refractivity contribution is -0.129. The van der Waals surface area contributed by atoms with Gasteiger partial charge in [0.05, 0.1) is 11.1 Å². The van der Waals surface area contributed by atoms with E-state index in [0.29, 0.717) is 24.2 Å². The summed E-state index contributed by atoms with van der Waals surface area (Å²) in [4.78, 5) is 24.4. The first-order chi connectivity index (χ1) is 12.6. The molecule has 0 saturated heterocycles. The average Bonchev–Trinajstić information content (AvgIpc) is 3.09. The molecular formula is C19H20N4O3. The molecule has 1 heterocycles. The van der Waals surface area contributed by atoms with Crippen LogP contribution in [0.25, 0.3) is 11.0 Å². The minimum absolute atomic E-state index is 0.336. The topological polar surface area (TPSA) is 86.1 Å². The lowest BCUT2D eigenvalue weighted by Gasteiger charge is -2.13. The summed E-state index contributed by atoms with van der Waals surface area (Å²) in [6.07, 6.45) is -0.895. The van der Waals surface area contributed by atoms with Crippen molar-refractivity contribution in [2.75, 3.05) is 0 Å². The van der Waals surface area contributed by atoms with E-state index < -0.39 is 12.1 Å². The van der Waals surface area contributed by atoms with Gasteiger partial charge in [-0.1, -0.05) is 35.5 Å². The number of hydrogen-bond donors (Lipinski definition) is 1. The molecule has 1 N–H and O–H groups in total. The Morgan fingerprint density at radius 3 is 2.69 bits per heavy atom. The number of carbonyl (C=O) groups excluding carboxylic acids is 2. The standard InChI is InChI=1S/C19H20N4O3/c1-3-23-17-10-9-15(11-16(17)21-22-23)19(25)26-13(2)18(24)20-12-14-7-5-4-6-8-14/h4-11,13H,3,12H2,1-2H3,(H,20,24). The number of fused-ring (bicyclic) bond motifs is 1. The number of rotatable bonds is 6. The Morgan fingerprint density at radius 1 is 1.19 bits per heavy atom. The van der Waals surface area contributed by atoms with Crippen molar-refractivity contribution in [1.29, 1.82) is 0 Å². The normalized spacial score (nSPS) is 11.9. The van der Waals surface area contributed by atoms with E-state index in [9.17, 15) is 9.59 Å². The van der Waals surface area contributed by atoms with Gasteiger partial charge in [0.25, 0.3) is 5.91 Å². The molecule has 1 aromatic heterocycles. The zero-order valence-electron chi connectivity index (χ0n) is 14.7. The van der Waals surface area contributed by atoms with Crippen molar-refractivity contribution in [3.8, 4) is 0 Å².